The molecule has 0 saturated heterocycles. The molecular weight excluding hydrogens is 264 g/mol. The lowest BCUT2D eigenvalue weighted by Gasteiger charge is -2.08. The van der Waals surface area contributed by atoms with Crippen molar-refractivity contribution in [3.63, 3.8) is 0 Å². The molecule has 0 radical (unpaired) electrons. The van der Waals surface area contributed by atoms with Gasteiger partial charge in [0.05, 0.1) is 4.92 Å². The third-order valence-corrected chi connectivity index (χ3v) is 2.55. The summed E-state index contributed by atoms with van der Waals surface area (Å²) in [5, 5.41) is 14.2. The van der Waals surface area contributed by atoms with Gasteiger partial charge in [-0.3, -0.25) is 14.7 Å². The average Bonchev–Trinajstić information content (AvgIpc) is 2.97. The average molecular weight is 278 g/mol. The predicted octanol–water partition coefficient (Wildman–Crippen LogP) is 1.02. The summed E-state index contributed by atoms with van der Waals surface area (Å²) in [5.41, 5.74) is -0.178. The Hall–Kier alpha value is -2.55. The molecule has 9 nitrogen and oxygen atoms in total. The number of hydrogen-bond donors (Lipinski definition) is 1. The highest BCUT2D eigenvalue weighted by Crippen LogP contribution is 2.27. The van der Waals surface area contributed by atoms with Crippen molar-refractivity contribution in [1.29, 1.82) is 0 Å². The summed E-state index contributed by atoms with van der Waals surface area (Å²) in [4.78, 5) is 22.5. The summed E-state index contributed by atoms with van der Waals surface area (Å²) in [7, 11) is 1.60. The van der Waals surface area contributed by atoms with Gasteiger partial charge in [0, 0.05) is 32.7 Å². The molecule has 0 aliphatic heterocycles. The zero-order valence-electron chi connectivity index (χ0n) is 10.9. The summed E-state index contributed by atoms with van der Waals surface area (Å²) in [6, 6.07) is 0. The minimum atomic E-state index is -0.506. The molecule has 0 spiro atoms. The molecule has 0 amide bonds. The van der Waals surface area contributed by atoms with Crippen LogP contribution < -0.4 is 5.32 Å². The molecule has 2 aromatic heterocycles. The third-order valence-electron chi connectivity index (χ3n) is 2.55. The highest BCUT2D eigenvalue weighted by atomic mass is 16.6. The van der Waals surface area contributed by atoms with Crippen molar-refractivity contribution >= 4 is 11.5 Å². The van der Waals surface area contributed by atoms with Crippen LogP contribution in [0.2, 0.25) is 0 Å². The SMILES string of the molecule is COCCCNc1ncnc(-n2ccnc2)c1[N+](=O)[O-]. The van der Waals surface area contributed by atoms with Gasteiger partial charge in [0.2, 0.25) is 11.6 Å². The second-order valence-corrected chi connectivity index (χ2v) is 3.89. The minimum absolute atomic E-state index is 0.178. The van der Waals surface area contributed by atoms with Crippen LogP contribution in [0.4, 0.5) is 11.5 Å². The van der Waals surface area contributed by atoms with E-state index in [0.717, 1.165) is 6.42 Å². The third kappa shape index (κ3) is 3.06. The van der Waals surface area contributed by atoms with Gasteiger partial charge in [0.25, 0.3) is 0 Å². The Morgan fingerprint density at radius 2 is 2.35 bits per heavy atom. The summed E-state index contributed by atoms with van der Waals surface area (Å²) >= 11 is 0. The van der Waals surface area contributed by atoms with Crippen molar-refractivity contribution in [3.8, 4) is 5.82 Å². The van der Waals surface area contributed by atoms with Gasteiger partial charge >= 0.3 is 5.69 Å². The van der Waals surface area contributed by atoms with E-state index in [0.29, 0.717) is 13.2 Å². The molecule has 106 valence electrons. The number of imidazole rings is 1. The zero-order chi connectivity index (χ0) is 14.4. The fraction of sp³-hybridized carbons (Fsp3) is 0.364. The van der Waals surface area contributed by atoms with E-state index >= 15 is 0 Å². The number of rotatable bonds is 7. The lowest BCUT2D eigenvalue weighted by Crippen LogP contribution is -2.11. The van der Waals surface area contributed by atoms with Crippen molar-refractivity contribution in [2.45, 2.75) is 6.42 Å². The van der Waals surface area contributed by atoms with E-state index in [2.05, 4.69) is 20.3 Å². The van der Waals surface area contributed by atoms with Crippen LogP contribution in [0.5, 0.6) is 0 Å². The smallest absolute Gasteiger partial charge is 0.354 e. The van der Waals surface area contributed by atoms with Crippen LogP contribution >= 0.6 is 0 Å². The van der Waals surface area contributed by atoms with Gasteiger partial charge in [0.1, 0.15) is 12.7 Å². The van der Waals surface area contributed by atoms with E-state index in [1.54, 1.807) is 13.3 Å². The monoisotopic (exact) mass is 278 g/mol. The highest BCUT2D eigenvalue weighted by molar-refractivity contribution is 5.63. The molecule has 2 rings (SSSR count). The molecule has 0 saturated carbocycles. The quantitative estimate of drug-likeness (QED) is 0.457. The first kappa shape index (κ1) is 13.9. The molecule has 2 aromatic rings. The first-order valence-electron chi connectivity index (χ1n) is 5.94. The lowest BCUT2D eigenvalue weighted by atomic mass is 10.4. The zero-order valence-corrected chi connectivity index (χ0v) is 10.9. The van der Waals surface area contributed by atoms with E-state index in [4.69, 9.17) is 4.74 Å². The number of methoxy groups -OCH3 is 1. The normalized spacial score (nSPS) is 10.4. The van der Waals surface area contributed by atoms with Crippen molar-refractivity contribution in [2.75, 3.05) is 25.6 Å². The molecule has 0 fully saturated rings. The maximum absolute atomic E-state index is 11.3. The predicted molar refractivity (Wildman–Crippen MR) is 70.8 cm³/mol. The van der Waals surface area contributed by atoms with Gasteiger partial charge in [0.15, 0.2) is 0 Å². The highest BCUT2D eigenvalue weighted by Gasteiger charge is 2.23. The van der Waals surface area contributed by atoms with Gasteiger partial charge in [-0.05, 0) is 6.42 Å². The van der Waals surface area contributed by atoms with Crippen molar-refractivity contribution in [1.82, 2.24) is 19.5 Å². The topological polar surface area (TPSA) is 108 Å². The Kier molecular flexibility index (Phi) is 4.56. The molecular formula is C11H14N6O3. The molecule has 20 heavy (non-hydrogen) atoms. The molecule has 9 heteroatoms. The number of nitrogens with one attached hydrogen (secondary N) is 1. The van der Waals surface area contributed by atoms with Crippen molar-refractivity contribution in [2.24, 2.45) is 0 Å². The van der Waals surface area contributed by atoms with Crippen LogP contribution in [0.3, 0.4) is 0 Å². The lowest BCUT2D eigenvalue weighted by molar-refractivity contribution is -0.384. The van der Waals surface area contributed by atoms with Crippen LogP contribution in [-0.4, -0.2) is 44.7 Å². The number of ether oxygens (including phenoxy) is 1. The minimum Gasteiger partial charge on any atom is -0.385 e. The fourth-order valence-electron chi connectivity index (χ4n) is 1.66. The second kappa shape index (κ2) is 6.57. The maximum Gasteiger partial charge on any atom is 0.354 e. The summed E-state index contributed by atoms with van der Waals surface area (Å²) in [6.07, 6.45) is 6.56. The summed E-state index contributed by atoms with van der Waals surface area (Å²) < 4.78 is 6.39. The molecule has 0 aliphatic carbocycles. The first-order valence-corrected chi connectivity index (χ1v) is 5.94. The van der Waals surface area contributed by atoms with Gasteiger partial charge < -0.3 is 10.1 Å². The first-order chi connectivity index (χ1) is 9.74. The molecule has 0 atom stereocenters. The fourth-order valence-corrected chi connectivity index (χ4v) is 1.66. The van der Waals surface area contributed by atoms with Gasteiger partial charge in [-0.25, -0.2) is 15.0 Å². The Morgan fingerprint density at radius 3 is 3.00 bits per heavy atom. The molecule has 2 heterocycles. The van der Waals surface area contributed by atoms with Crippen LogP contribution in [0.1, 0.15) is 6.42 Å². The van der Waals surface area contributed by atoms with Crippen molar-refractivity contribution in [3.05, 3.63) is 35.2 Å². The van der Waals surface area contributed by atoms with E-state index in [9.17, 15) is 10.1 Å². The van der Waals surface area contributed by atoms with E-state index in [1.165, 1.54) is 23.4 Å². The Labute approximate surface area is 114 Å². The number of anilines is 1. The van der Waals surface area contributed by atoms with Crippen LogP contribution in [0.25, 0.3) is 5.82 Å². The number of hydrogen-bond acceptors (Lipinski definition) is 7. The number of aromatic nitrogens is 4. The second-order valence-electron chi connectivity index (χ2n) is 3.89. The molecule has 0 aliphatic rings. The Balaban J connectivity index is 2.28. The number of nitrogens with zero attached hydrogens (tertiary/aromatic N) is 5. The summed E-state index contributed by atoms with van der Waals surface area (Å²) in [6.45, 7) is 1.09. The molecule has 1 N–H and O–H groups in total. The van der Waals surface area contributed by atoms with E-state index < -0.39 is 4.92 Å². The standard InChI is InChI=1S/C11H14N6O3/c1-20-6-2-3-13-10-9(17(18)19)11(15-7-14-10)16-5-4-12-8-16/h4-5,7-8H,2-3,6H2,1H3,(H,13,14,15). The van der Waals surface area contributed by atoms with E-state index in [-0.39, 0.29) is 17.3 Å². The van der Waals surface area contributed by atoms with Crippen molar-refractivity contribution < 1.29 is 9.66 Å². The molecule has 0 bridgehead atoms. The van der Waals surface area contributed by atoms with Crippen LogP contribution in [0.15, 0.2) is 25.0 Å². The van der Waals surface area contributed by atoms with Gasteiger partial charge in [-0.1, -0.05) is 0 Å². The molecule has 0 aromatic carbocycles. The number of nitro groups is 1. The molecule has 0 unspecified atom stereocenters. The van der Waals surface area contributed by atoms with Crippen LogP contribution in [-0.2, 0) is 4.74 Å². The van der Waals surface area contributed by atoms with Crippen LogP contribution in [0, 0.1) is 10.1 Å². The Morgan fingerprint density at radius 1 is 1.50 bits per heavy atom. The Bertz CT molecular complexity index is 572. The van der Waals surface area contributed by atoms with Gasteiger partial charge in [-0.15, -0.1) is 0 Å². The van der Waals surface area contributed by atoms with Gasteiger partial charge in [-0.2, -0.15) is 0 Å². The maximum atomic E-state index is 11.3. The largest absolute Gasteiger partial charge is 0.385 e. The summed E-state index contributed by atoms with van der Waals surface area (Å²) in [5.74, 6) is 0.363. The van der Waals surface area contributed by atoms with E-state index in [1.807, 2.05) is 0 Å².